The lowest BCUT2D eigenvalue weighted by molar-refractivity contribution is -0.142. The second-order valence-corrected chi connectivity index (χ2v) is 5.16. The molecule has 6 nitrogen and oxygen atoms in total. The molecule has 1 heterocycles. The van der Waals surface area contributed by atoms with Crippen molar-refractivity contribution in [2.45, 2.75) is 25.3 Å². The van der Waals surface area contributed by atoms with Gasteiger partial charge in [-0.1, -0.05) is 0 Å². The molecule has 1 fully saturated rings. The summed E-state index contributed by atoms with van der Waals surface area (Å²) >= 11 is 0. The Morgan fingerprint density at radius 1 is 1.53 bits per heavy atom. The molecule has 112 valence electrons. The lowest BCUT2D eigenvalue weighted by Crippen LogP contribution is -2.51. The maximum atomic E-state index is 11.4. The van der Waals surface area contributed by atoms with Crippen LogP contribution in [-0.4, -0.2) is 68.5 Å². The van der Waals surface area contributed by atoms with Crippen molar-refractivity contribution >= 4 is 5.97 Å². The van der Waals surface area contributed by atoms with Gasteiger partial charge in [0.05, 0.1) is 7.11 Å². The zero-order valence-electron chi connectivity index (χ0n) is 11.8. The van der Waals surface area contributed by atoms with Gasteiger partial charge in [0.1, 0.15) is 0 Å². The van der Waals surface area contributed by atoms with Crippen molar-refractivity contribution in [2.24, 2.45) is 11.7 Å². The van der Waals surface area contributed by atoms with E-state index >= 15 is 0 Å². The molecule has 19 heavy (non-hydrogen) atoms. The van der Waals surface area contributed by atoms with Crippen LogP contribution >= 0.6 is 0 Å². The Balaban J connectivity index is 2.44. The summed E-state index contributed by atoms with van der Waals surface area (Å²) in [5.74, 6) is 0.174. The monoisotopic (exact) mass is 273 g/mol. The van der Waals surface area contributed by atoms with Gasteiger partial charge in [-0.05, 0) is 25.3 Å². The molecule has 0 amide bonds. The Hall–Kier alpha value is -0.690. The summed E-state index contributed by atoms with van der Waals surface area (Å²) in [5.41, 5.74) is 5.61. The van der Waals surface area contributed by atoms with Crippen molar-refractivity contribution in [1.29, 1.82) is 0 Å². The van der Waals surface area contributed by atoms with E-state index in [0.717, 1.165) is 39.0 Å². The second-order valence-electron chi connectivity index (χ2n) is 5.16. The molecule has 1 rings (SSSR count). The summed E-state index contributed by atoms with van der Waals surface area (Å²) in [6, 6.07) is 0.363. The average Bonchev–Trinajstić information content (AvgIpc) is 2.39. The summed E-state index contributed by atoms with van der Waals surface area (Å²) in [6.45, 7) is 4.37. The highest BCUT2D eigenvalue weighted by Crippen LogP contribution is 2.20. The molecule has 0 bridgehead atoms. The van der Waals surface area contributed by atoms with Crippen LogP contribution in [0, 0.1) is 5.92 Å². The SMILES string of the molecule is COC(=O)CC1CC(NCCCO)CN(CCN)C1. The highest BCUT2D eigenvalue weighted by Gasteiger charge is 2.28. The molecule has 1 aliphatic rings. The van der Waals surface area contributed by atoms with Crippen molar-refractivity contribution in [3.8, 4) is 0 Å². The number of ether oxygens (including phenoxy) is 1. The van der Waals surface area contributed by atoms with Crippen LogP contribution in [0.1, 0.15) is 19.3 Å². The molecule has 0 aromatic carbocycles. The van der Waals surface area contributed by atoms with Crippen LogP contribution in [0.2, 0.25) is 0 Å². The molecule has 0 aromatic heterocycles. The Bertz CT molecular complexity index is 264. The van der Waals surface area contributed by atoms with E-state index in [-0.39, 0.29) is 12.6 Å². The fourth-order valence-electron chi connectivity index (χ4n) is 2.67. The first-order chi connectivity index (χ1) is 9.19. The number of hydrogen-bond acceptors (Lipinski definition) is 6. The smallest absolute Gasteiger partial charge is 0.305 e. The molecule has 0 aliphatic carbocycles. The molecule has 4 N–H and O–H groups in total. The Morgan fingerprint density at radius 3 is 2.95 bits per heavy atom. The van der Waals surface area contributed by atoms with Crippen molar-refractivity contribution in [1.82, 2.24) is 10.2 Å². The fraction of sp³-hybridized carbons (Fsp3) is 0.923. The van der Waals surface area contributed by atoms with Gasteiger partial charge < -0.3 is 25.8 Å². The zero-order chi connectivity index (χ0) is 14.1. The highest BCUT2D eigenvalue weighted by molar-refractivity contribution is 5.69. The molecule has 1 saturated heterocycles. The number of aliphatic hydroxyl groups excluding tert-OH is 1. The molecule has 0 aromatic rings. The zero-order valence-corrected chi connectivity index (χ0v) is 11.8. The van der Waals surface area contributed by atoms with Crippen LogP contribution in [0.5, 0.6) is 0 Å². The summed E-state index contributed by atoms with van der Waals surface area (Å²) < 4.78 is 4.75. The summed E-state index contributed by atoms with van der Waals surface area (Å²) in [4.78, 5) is 13.7. The average molecular weight is 273 g/mol. The van der Waals surface area contributed by atoms with Gasteiger partial charge in [0.25, 0.3) is 0 Å². The third-order valence-electron chi connectivity index (χ3n) is 3.51. The van der Waals surface area contributed by atoms with Gasteiger partial charge in [-0.2, -0.15) is 0 Å². The molecular formula is C13H27N3O3. The molecule has 6 heteroatoms. The number of hydrogen-bond donors (Lipinski definition) is 3. The van der Waals surface area contributed by atoms with Gasteiger partial charge in [-0.25, -0.2) is 0 Å². The van der Waals surface area contributed by atoms with Crippen LogP contribution in [0.15, 0.2) is 0 Å². The first-order valence-corrected chi connectivity index (χ1v) is 7.03. The van der Waals surface area contributed by atoms with Crippen LogP contribution in [0.25, 0.3) is 0 Å². The third kappa shape index (κ3) is 6.33. The number of nitrogens with zero attached hydrogens (tertiary/aromatic N) is 1. The van der Waals surface area contributed by atoms with E-state index in [1.54, 1.807) is 0 Å². The number of rotatable bonds is 8. The number of carbonyl (C=O) groups is 1. The number of nitrogens with two attached hydrogens (primary N) is 1. The summed E-state index contributed by atoms with van der Waals surface area (Å²) in [7, 11) is 1.43. The second kappa shape index (κ2) is 9.25. The van der Waals surface area contributed by atoms with E-state index < -0.39 is 0 Å². The maximum Gasteiger partial charge on any atom is 0.305 e. The minimum absolute atomic E-state index is 0.145. The minimum atomic E-state index is -0.145. The first kappa shape index (κ1) is 16.4. The Labute approximate surface area is 115 Å². The number of likely N-dealkylation sites (tertiary alicyclic amines) is 1. The van der Waals surface area contributed by atoms with Crippen LogP contribution in [-0.2, 0) is 9.53 Å². The van der Waals surface area contributed by atoms with Gasteiger partial charge in [0.2, 0.25) is 0 Å². The van der Waals surface area contributed by atoms with Crippen molar-refractivity contribution < 1.29 is 14.6 Å². The number of carbonyl (C=O) groups excluding carboxylic acids is 1. The van der Waals surface area contributed by atoms with Crippen LogP contribution in [0.3, 0.4) is 0 Å². The van der Waals surface area contributed by atoms with Crippen LogP contribution < -0.4 is 11.1 Å². The van der Waals surface area contributed by atoms with Gasteiger partial charge in [-0.3, -0.25) is 4.79 Å². The maximum absolute atomic E-state index is 11.4. The fourth-order valence-corrected chi connectivity index (χ4v) is 2.67. The van der Waals surface area contributed by atoms with Crippen LogP contribution in [0.4, 0.5) is 0 Å². The van der Waals surface area contributed by atoms with E-state index in [9.17, 15) is 4.79 Å². The first-order valence-electron chi connectivity index (χ1n) is 7.03. The molecule has 2 unspecified atom stereocenters. The largest absolute Gasteiger partial charge is 0.469 e. The van der Waals surface area contributed by atoms with Crippen molar-refractivity contribution in [3.05, 3.63) is 0 Å². The topological polar surface area (TPSA) is 87.8 Å². The summed E-state index contributed by atoms with van der Waals surface area (Å²) in [6.07, 6.45) is 2.20. The van der Waals surface area contributed by atoms with E-state index in [1.807, 2.05) is 0 Å². The van der Waals surface area contributed by atoms with Crippen molar-refractivity contribution in [2.75, 3.05) is 46.4 Å². The molecule has 2 atom stereocenters. The Kier molecular flexibility index (Phi) is 7.97. The third-order valence-corrected chi connectivity index (χ3v) is 3.51. The predicted molar refractivity (Wildman–Crippen MR) is 73.7 cm³/mol. The van der Waals surface area contributed by atoms with E-state index in [2.05, 4.69) is 10.2 Å². The minimum Gasteiger partial charge on any atom is -0.469 e. The quantitative estimate of drug-likeness (QED) is 0.395. The summed E-state index contributed by atoms with van der Waals surface area (Å²) in [5, 5.41) is 12.2. The van der Waals surface area contributed by atoms with Crippen molar-refractivity contribution in [3.63, 3.8) is 0 Å². The van der Waals surface area contributed by atoms with Gasteiger partial charge in [0, 0.05) is 45.2 Å². The molecule has 1 aliphatic heterocycles. The number of aliphatic hydroxyl groups is 1. The Morgan fingerprint density at radius 2 is 2.32 bits per heavy atom. The number of nitrogens with one attached hydrogen (secondary N) is 1. The molecule has 0 radical (unpaired) electrons. The molecule has 0 saturated carbocycles. The lowest BCUT2D eigenvalue weighted by Gasteiger charge is -2.37. The molecular weight excluding hydrogens is 246 g/mol. The molecule has 0 spiro atoms. The number of piperidine rings is 1. The predicted octanol–water partition coefficient (Wildman–Crippen LogP) is -0.829. The lowest BCUT2D eigenvalue weighted by atomic mass is 9.91. The van der Waals surface area contributed by atoms with Gasteiger partial charge in [-0.15, -0.1) is 0 Å². The standard InChI is InChI=1S/C13H27N3O3/c1-19-13(18)8-11-7-12(15-4-2-6-17)10-16(9-11)5-3-14/h11-12,15,17H,2-10,14H2,1H3. The van der Waals surface area contributed by atoms with E-state index in [1.165, 1.54) is 7.11 Å². The number of methoxy groups -OCH3 is 1. The highest BCUT2D eigenvalue weighted by atomic mass is 16.5. The number of esters is 1. The van der Waals surface area contributed by atoms with E-state index in [0.29, 0.717) is 24.9 Å². The van der Waals surface area contributed by atoms with E-state index in [4.69, 9.17) is 15.6 Å². The normalized spacial score (nSPS) is 24.4. The van der Waals surface area contributed by atoms with Gasteiger partial charge in [0.15, 0.2) is 0 Å². The van der Waals surface area contributed by atoms with Gasteiger partial charge >= 0.3 is 5.97 Å².